The van der Waals surface area contributed by atoms with Gasteiger partial charge in [0.25, 0.3) is 0 Å². The molecule has 0 aliphatic carbocycles. The SMILES string of the molecule is CCC(=Nc1ccccc1OC)[N-]c1ccccc1OC.CCC(=Nc1ccccc1OC)[N-]c1ccccc1OC.C[N-]C.C[N-]C.[Ti+4]. The predicted molar refractivity (Wildman–Crippen MR) is 203 cm³/mol. The number of rotatable bonds is 10. The first-order chi connectivity index (χ1) is 23.4. The van der Waals surface area contributed by atoms with Crippen molar-refractivity contribution in [3.63, 3.8) is 0 Å². The topological polar surface area (TPSA) is 118 Å². The second-order valence-electron chi connectivity index (χ2n) is 9.57. The summed E-state index contributed by atoms with van der Waals surface area (Å²) in [6.07, 6.45) is 1.44. The second-order valence-corrected chi connectivity index (χ2v) is 9.57. The van der Waals surface area contributed by atoms with Gasteiger partial charge in [-0.25, -0.2) is 0 Å². The molecule has 0 aliphatic rings. The van der Waals surface area contributed by atoms with E-state index in [1.54, 1.807) is 56.6 Å². The van der Waals surface area contributed by atoms with Crippen molar-refractivity contribution in [2.45, 2.75) is 26.7 Å². The van der Waals surface area contributed by atoms with Gasteiger partial charge in [0.1, 0.15) is 23.0 Å². The van der Waals surface area contributed by atoms with Crippen LogP contribution in [0.3, 0.4) is 0 Å². The van der Waals surface area contributed by atoms with Crippen LogP contribution in [0.15, 0.2) is 107 Å². The molecule has 0 N–H and O–H groups in total. The molecule has 0 aliphatic heterocycles. The summed E-state index contributed by atoms with van der Waals surface area (Å²) >= 11 is 0. The minimum Gasteiger partial charge on any atom is -0.668 e. The van der Waals surface area contributed by atoms with Gasteiger partial charge in [-0.2, -0.15) is 28.2 Å². The Morgan fingerprint density at radius 1 is 0.469 bits per heavy atom. The minimum atomic E-state index is 0. The fourth-order valence-electron chi connectivity index (χ4n) is 3.81. The fourth-order valence-corrected chi connectivity index (χ4v) is 3.81. The van der Waals surface area contributed by atoms with Gasteiger partial charge in [0, 0.05) is 22.7 Å². The maximum Gasteiger partial charge on any atom is 4.00 e. The van der Waals surface area contributed by atoms with Gasteiger partial charge in [-0.05, 0) is 37.1 Å². The molecule has 0 heterocycles. The van der Waals surface area contributed by atoms with E-state index in [1.165, 1.54) is 0 Å². The normalized spacial score (nSPS) is 10.2. The van der Waals surface area contributed by atoms with E-state index in [4.69, 9.17) is 18.9 Å². The average molecular weight is 703 g/mol. The van der Waals surface area contributed by atoms with Gasteiger partial charge in [-0.3, -0.25) is 0 Å². The molecule has 0 spiro atoms. The number of para-hydroxylation sites is 8. The first kappa shape index (κ1) is 44.7. The summed E-state index contributed by atoms with van der Waals surface area (Å²) in [6.45, 7) is 4.04. The van der Waals surface area contributed by atoms with Crippen LogP contribution >= 0.6 is 0 Å². The van der Waals surface area contributed by atoms with E-state index in [0.29, 0.717) is 0 Å². The summed E-state index contributed by atoms with van der Waals surface area (Å²) in [7, 11) is 13.5. The number of methoxy groups -OCH3 is 4. The van der Waals surface area contributed by atoms with Crippen LogP contribution in [-0.2, 0) is 21.7 Å². The summed E-state index contributed by atoms with van der Waals surface area (Å²) in [5.74, 6) is 4.39. The molecule has 0 radical (unpaired) electrons. The van der Waals surface area contributed by atoms with Crippen molar-refractivity contribution < 1.29 is 40.7 Å². The van der Waals surface area contributed by atoms with Crippen LogP contribution in [0.5, 0.6) is 23.0 Å². The predicted octanol–water partition coefficient (Wildman–Crippen LogP) is 10.9. The van der Waals surface area contributed by atoms with Crippen LogP contribution in [0.4, 0.5) is 22.7 Å². The molecule has 0 saturated carbocycles. The van der Waals surface area contributed by atoms with E-state index in [1.807, 2.05) is 111 Å². The molecule has 0 unspecified atom stereocenters. The number of hydrogen-bond donors (Lipinski definition) is 0. The van der Waals surface area contributed by atoms with Crippen LogP contribution in [0.1, 0.15) is 26.7 Å². The van der Waals surface area contributed by atoms with E-state index in [0.717, 1.165) is 70.3 Å². The standard InChI is InChI=1S/2C17H19N2O2.2C2H6N.Ti/c2*1-4-17(18-13-9-5-7-11-15(13)20-2)19-14-10-6-8-12-16(14)21-3;2*1-3-2;/h2*5-12H,4H2,1-3H3;2*1-2H3;/q4*-1;+4. The molecule has 260 valence electrons. The molecular weight excluding hydrogens is 652 g/mol. The monoisotopic (exact) mass is 702 g/mol. The van der Waals surface area contributed by atoms with Crippen LogP contribution in [0.2, 0.25) is 0 Å². The van der Waals surface area contributed by atoms with Crippen molar-refractivity contribution in [2.75, 3.05) is 56.6 Å². The summed E-state index contributed by atoms with van der Waals surface area (Å²) < 4.78 is 21.2. The first-order valence-corrected chi connectivity index (χ1v) is 15.5. The molecule has 10 nitrogen and oxygen atoms in total. The molecule has 4 aromatic rings. The van der Waals surface area contributed by atoms with Crippen molar-refractivity contribution in [3.05, 3.63) is 118 Å². The maximum absolute atomic E-state index is 5.31. The molecular formula is C38H50N6O4Ti. The van der Waals surface area contributed by atoms with Crippen LogP contribution < -0.4 is 18.9 Å². The van der Waals surface area contributed by atoms with Gasteiger partial charge in [-0.1, -0.05) is 98.3 Å². The van der Waals surface area contributed by atoms with Gasteiger partial charge in [0.05, 0.1) is 28.4 Å². The maximum atomic E-state index is 5.31. The number of aliphatic imine (C=N–C) groups is 2. The van der Waals surface area contributed by atoms with Gasteiger partial charge in [-0.15, -0.1) is 0 Å². The van der Waals surface area contributed by atoms with E-state index in [2.05, 4.69) is 31.3 Å². The molecule has 49 heavy (non-hydrogen) atoms. The molecule has 4 aromatic carbocycles. The van der Waals surface area contributed by atoms with E-state index >= 15 is 0 Å². The number of nitrogens with zero attached hydrogens (tertiary/aromatic N) is 6. The number of hydrogen-bond acceptors (Lipinski definition) is 6. The molecule has 0 aromatic heterocycles. The Kier molecular flexibility index (Phi) is 25.1. The number of benzene rings is 4. The van der Waals surface area contributed by atoms with E-state index < -0.39 is 0 Å². The number of amidine groups is 2. The zero-order valence-electron chi connectivity index (χ0n) is 30.5. The third-order valence-electron chi connectivity index (χ3n) is 5.97. The van der Waals surface area contributed by atoms with Crippen LogP contribution in [-0.4, -0.2) is 68.3 Å². The summed E-state index contributed by atoms with van der Waals surface area (Å²) in [6, 6.07) is 30.6. The molecule has 11 heteroatoms. The smallest absolute Gasteiger partial charge is 0.668 e. The van der Waals surface area contributed by atoms with Crippen molar-refractivity contribution >= 4 is 34.4 Å². The van der Waals surface area contributed by atoms with Crippen LogP contribution in [0.25, 0.3) is 21.3 Å². The molecule has 0 atom stereocenters. The number of ether oxygens (including phenoxy) is 4. The molecule has 0 amide bonds. The Balaban J connectivity index is 0.000000796. The van der Waals surface area contributed by atoms with E-state index in [-0.39, 0.29) is 21.7 Å². The van der Waals surface area contributed by atoms with Crippen molar-refractivity contribution in [2.24, 2.45) is 9.98 Å². The third-order valence-corrected chi connectivity index (χ3v) is 5.97. The average Bonchev–Trinajstić information content (AvgIpc) is 3.12. The molecule has 0 fully saturated rings. The zero-order chi connectivity index (χ0) is 35.6. The fraction of sp³-hybridized carbons (Fsp3) is 0.316. The third kappa shape index (κ3) is 16.5. The Hall–Kier alpha value is -4.35. The molecule has 0 saturated heterocycles. The van der Waals surface area contributed by atoms with Gasteiger partial charge in [0.15, 0.2) is 0 Å². The Labute approximate surface area is 308 Å². The van der Waals surface area contributed by atoms with E-state index in [9.17, 15) is 0 Å². The summed E-state index contributed by atoms with van der Waals surface area (Å²) in [5, 5.41) is 16.2. The van der Waals surface area contributed by atoms with Crippen molar-refractivity contribution in [1.29, 1.82) is 0 Å². The Morgan fingerprint density at radius 2 is 0.735 bits per heavy atom. The van der Waals surface area contributed by atoms with Crippen molar-refractivity contribution in [1.82, 2.24) is 0 Å². The summed E-state index contributed by atoms with van der Waals surface area (Å²) in [4.78, 5) is 9.18. The van der Waals surface area contributed by atoms with Gasteiger partial charge in [0.2, 0.25) is 0 Å². The van der Waals surface area contributed by atoms with Gasteiger partial charge < -0.3 is 50.2 Å². The van der Waals surface area contributed by atoms with Gasteiger partial charge >= 0.3 is 21.7 Å². The quantitative estimate of drug-likeness (QED) is 0.0928. The molecule has 0 bridgehead atoms. The van der Waals surface area contributed by atoms with Crippen LogP contribution in [0, 0.1) is 0 Å². The first-order valence-electron chi connectivity index (χ1n) is 15.5. The second kappa shape index (κ2) is 27.6. The summed E-state index contributed by atoms with van der Waals surface area (Å²) in [5.41, 5.74) is 3.09. The Morgan fingerprint density at radius 3 is 1.02 bits per heavy atom. The minimum absolute atomic E-state index is 0. The zero-order valence-corrected chi connectivity index (χ0v) is 32.0. The largest absolute Gasteiger partial charge is 4.00 e. The molecule has 4 rings (SSSR count). The van der Waals surface area contributed by atoms with Crippen molar-refractivity contribution in [3.8, 4) is 23.0 Å². The Bertz CT molecular complexity index is 1400.